The molecule has 0 amide bonds. The van der Waals surface area contributed by atoms with E-state index in [0.29, 0.717) is 16.7 Å². The topological polar surface area (TPSA) is 9.23 Å². The van der Waals surface area contributed by atoms with Gasteiger partial charge in [-0.25, -0.2) is 0 Å². The minimum atomic E-state index is 0.579. The molecule has 2 rings (SSSR count). The molecule has 2 unspecified atom stereocenters. The molecule has 0 radical (unpaired) electrons. The van der Waals surface area contributed by atoms with Gasteiger partial charge in [0.15, 0.2) is 0 Å². The number of halogens is 1. The van der Waals surface area contributed by atoms with Crippen molar-refractivity contribution < 1.29 is 4.74 Å². The average molecular weight is 297 g/mol. The fraction of sp³-hybridized carbons (Fsp3) is 0.600. The van der Waals surface area contributed by atoms with E-state index in [4.69, 9.17) is 4.74 Å². The smallest absolute Gasteiger partial charge is 0.119 e. The predicted octanol–water partition coefficient (Wildman–Crippen LogP) is 4.53. The van der Waals surface area contributed by atoms with Gasteiger partial charge in [0.2, 0.25) is 0 Å². The van der Waals surface area contributed by atoms with Crippen LogP contribution in [0.4, 0.5) is 0 Å². The Labute approximate surface area is 113 Å². The average Bonchev–Trinajstić information content (AvgIpc) is 2.36. The van der Waals surface area contributed by atoms with Crippen molar-refractivity contribution in [3.8, 4) is 5.75 Å². The highest BCUT2D eigenvalue weighted by Crippen LogP contribution is 2.40. The summed E-state index contributed by atoms with van der Waals surface area (Å²) in [4.78, 5) is 0.579. The maximum absolute atomic E-state index is 5.31. The van der Waals surface area contributed by atoms with Crippen LogP contribution in [0, 0.1) is 5.92 Å². The fourth-order valence-corrected chi connectivity index (χ4v) is 3.30. The molecule has 1 aromatic rings. The molecule has 2 heteroatoms. The van der Waals surface area contributed by atoms with Crippen LogP contribution in [0.25, 0.3) is 0 Å². The fourth-order valence-electron chi connectivity index (χ4n) is 2.75. The lowest BCUT2D eigenvalue weighted by atomic mass is 9.78. The molecule has 17 heavy (non-hydrogen) atoms. The lowest BCUT2D eigenvalue weighted by molar-refractivity contribution is 0.411. The quantitative estimate of drug-likeness (QED) is 0.745. The van der Waals surface area contributed by atoms with Crippen molar-refractivity contribution in [2.75, 3.05) is 7.11 Å². The summed E-state index contributed by atoms with van der Waals surface area (Å²) in [6.45, 7) is 4.58. The van der Waals surface area contributed by atoms with Crippen LogP contribution in [0.15, 0.2) is 18.2 Å². The van der Waals surface area contributed by atoms with E-state index in [2.05, 4.69) is 48.0 Å². The summed E-state index contributed by atoms with van der Waals surface area (Å²) < 4.78 is 5.31. The molecule has 0 aliphatic heterocycles. The third-order valence-corrected chi connectivity index (χ3v) is 5.43. The number of methoxy groups -OCH3 is 1. The number of ether oxygens (including phenoxy) is 1. The highest BCUT2D eigenvalue weighted by atomic mass is 79.9. The van der Waals surface area contributed by atoms with Gasteiger partial charge in [-0.15, -0.1) is 0 Å². The standard InChI is InChI=1S/C15H21BrO/c1-10(2)15(16)14-6-4-5-11-9-12(17-3)7-8-13(11)14/h7-10,14-15H,4-6H2,1-3H3. The molecular weight excluding hydrogens is 276 g/mol. The van der Waals surface area contributed by atoms with Crippen LogP contribution in [0.3, 0.4) is 0 Å². The van der Waals surface area contributed by atoms with Crippen LogP contribution in [-0.2, 0) is 6.42 Å². The molecule has 0 aromatic heterocycles. The second-order valence-corrected chi connectivity index (χ2v) is 6.31. The third-order valence-electron chi connectivity index (χ3n) is 3.73. The number of rotatable bonds is 3. The molecule has 94 valence electrons. The number of fused-ring (bicyclic) bond motifs is 1. The van der Waals surface area contributed by atoms with E-state index in [1.165, 1.54) is 30.4 Å². The van der Waals surface area contributed by atoms with E-state index in [1.54, 1.807) is 7.11 Å². The molecule has 1 aromatic carbocycles. The predicted molar refractivity (Wildman–Crippen MR) is 76.2 cm³/mol. The number of aryl methyl sites for hydroxylation is 1. The Morgan fingerprint density at radius 1 is 1.35 bits per heavy atom. The highest BCUT2D eigenvalue weighted by molar-refractivity contribution is 9.09. The van der Waals surface area contributed by atoms with Crippen molar-refractivity contribution in [1.82, 2.24) is 0 Å². The van der Waals surface area contributed by atoms with Crippen LogP contribution in [0.2, 0.25) is 0 Å². The van der Waals surface area contributed by atoms with E-state index in [1.807, 2.05) is 0 Å². The van der Waals surface area contributed by atoms with Gasteiger partial charge >= 0.3 is 0 Å². The lowest BCUT2D eigenvalue weighted by Gasteiger charge is -2.31. The van der Waals surface area contributed by atoms with Gasteiger partial charge in [-0.05, 0) is 54.4 Å². The zero-order valence-corrected chi connectivity index (χ0v) is 12.5. The Morgan fingerprint density at radius 2 is 2.12 bits per heavy atom. The van der Waals surface area contributed by atoms with Crippen LogP contribution in [0.1, 0.15) is 43.7 Å². The molecule has 0 saturated carbocycles. The first-order valence-corrected chi connectivity index (χ1v) is 7.36. The summed E-state index contributed by atoms with van der Waals surface area (Å²) in [5.74, 6) is 2.32. The van der Waals surface area contributed by atoms with E-state index >= 15 is 0 Å². The van der Waals surface area contributed by atoms with Crippen molar-refractivity contribution in [2.24, 2.45) is 5.92 Å². The zero-order valence-electron chi connectivity index (χ0n) is 10.9. The largest absolute Gasteiger partial charge is 0.497 e. The Morgan fingerprint density at radius 3 is 2.76 bits per heavy atom. The van der Waals surface area contributed by atoms with Crippen LogP contribution >= 0.6 is 15.9 Å². The van der Waals surface area contributed by atoms with Gasteiger partial charge in [-0.1, -0.05) is 35.8 Å². The third kappa shape index (κ3) is 2.67. The molecule has 1 aliphatic carbocycles. The van der Waals surface area contributed by atoms with E-state index in [-0.39, 0.29) is 0 Å². The van der Waals surface area contributed by atoms with Gasteiger partial charge < -0.3 is 4.74 Å². The molecular formula is C15H21BrO. The summed E-state index contributed by atoms with van der Waals surface area (Å²) in [5, 5.41) is 0. The number of benzene rings is 1. The van der Waals surface area contributed by atoms with Gasteiger partial charge in [0.25, 0.3) is 0 Å². The molecule has 0 N–H and O–H groups in total. The summed E-state index contributed by atoms with van der Waals surface area (Å²) >= 11 is 3.88. The molecule has 2 atom stereocenters. The molecule has 0 heterocycles. The molecule has 0 saturated heterocycles. The van der Waals surface area contributed by atoms with E-state index in [0.717, 1.165) is 5.75 Å². The van der Waals surface area contributed by atoms with Gasteiger partial charge in [0.1, 0.15) is 5.75 Å². The Bertz CT molecular complexity index is 387. The molecule has 1 aliphatic rings. The van der Waals surface area contributed by atoms with Gasteiger partial charge in [-0.2, -0.15) is 0 Å². The Kier molecular flexibility index (Phi) is 4.13. The maximum atomic E-state index is 5.31. The normalized spacial score (nSPS) is 21.1. The first-order chi connectivity index (χ1) is 8.13. The van der Waals surface area contributed by atoms with Crippen molar-refractivity contribution in [1.29, 1.82) is 0 Å². The molecule has 0 fully saturated rings. The van der Waals surface area contributed by atoms with Gasteiger partial charge in [0, 0.05) is 4.83 Å². The first kappa shape index (κ1) is 12.9. The lowest BCUT2D eigenvalue weighted by Crippen LogP contribution is -2.22. The Balaban J connectivity index is 2.31. The highest BCUT2D eigenvalue weighted by Gasteiger charge is 2.28. The van der Waals surface area contributed by atoms with E-state index in [9.17, 15) is 0 Å². The van der Waals surface area contributed by atoms with E-state index < -0.39 is 0 Å². The number of hydrogen-bond acceptors (Lipinski definition) is 1. The second-order valence-electron chi connectivity index (χ2n) is 5.25. The van der Waals surface area contributed by atoms with Crippen LogP contribution in [0.5, 0.6) is 5.75 Å². The van der Waals surface area contributed by atoms with Crippen molar-refractivity contribution in [3.05, 3.63) is 29.3 Å². The van der Waals surface area contributed by atoms with Crippen LogP contribution in [-0.4, -0.2) is 11.9 Å². The number of hydrogen-bond donors (Lipinski definition) is 0. The first-order valence-electron chi connectivity index (χ1n) is 6.44. The SMILES string of the molecule is COc1ccc2c(c1)CCCC2C(Br)C(C)C. The summed E-state index contributed by atoms with van der Waals surface area (Å²) in [7, 11) is 1.74. The summed E-state index contributed by atoms with van der Waals surface area (Å²) in [5.41, 5.74) is 3.00. The number of alkyl halides is 1. The molecule has 0 spiro atoms. The van der Waals surface area contributed by atoms with Crippen molar-refractivity contribution in [2.45, 2.75) is 43.9 Å². The molecule has 0 bridgehead atoms. The monoisotopic (exact) mass is 296 g/mol. The van der Waals surface area contributed by atoms with Crippen LogP contribution < -0.4 is 4.74 Å². The van der Waals surface area contributed by atoms with Gasteiger partial charge in [0.05, 0.1) is 7.11 Å². The Hall–Kier alpha value is -0.500. The summed E-state index contributed by atoms with van der Waals surface area (Å²) in [6.07, 6.45) is 3.79. The van der Waals surface area contributed by atoms with Crippen molar-refractivity contribution in [3.63, 3.8) is 0 Å². The summed E-state index contributed by atoms with van der Waals surface area (Å²) in [6, 6.07) is 6.56. The zero-order chi connectivity index (χ0) is 12.4. The van der Waals surface area contributed by atoms with Crippen molar-refractivity contribution >= 4 is 15.9 Å². The minimum Gasteiger partial charge on any atom is -0.497 e. The minimum absolute atomic E-state index is 0.579. The second kappa shape index (κ2) is 5.43. The maximum Gasteiger partial charge on any atom is 0.119 e. The van der Waals surface area contributed by atoms with Gasteiger partial charge in [-0.3, -0.25) is 0 Å². The molecule has 1 nitrogen and oxygen atoms in total.